The van der Waals surface area contributed by atoms with Crippen molar-refractivity contribution in [1.82, 2.24) is 0 Å². The number of hydrogen-bond acceptors (Lipinski definition) is 1. The van der Waals surface area contributed by atoms with Crippen molar-refractivity contribution in [3.63, 3.8) is 0 Å². The number of rotatable bonds is 1. The lowest BCUT2D eigenvalue weighted by molar-refractivity contribution is 0.922. The maximum atomic E-state index is 2.37. The molecule has 23 heavy (non-hydrogen) atoms. The first-order valence-corrected chi connectivity index (χ1v) is 8.19. The van der Waals surface area contributed by atoms with E-state index in [0.717, 1.165) is 6.54 Å². The van der Waals surface area contributed by atoms with Crippen molar-refractivity contribution in [2.75, 3.05) is 11.9 Å². The Morgan fingerprint density at radius 1 is 0.739 bits per heavy atom. The van der Waals surface area contributed by atoms with E-state index < -0.39 is 0 Å². The lowest BCUT2D eigenvalue weighted by Crippen LogP contribution is -2.16. The first-order valence-electron chi connectivity index (χ1n) is 8.19. The van der Waals surface area contributed by atoms with Crippen LogP contribution in [0.2, 0.25) is 0 Å². The summed E-state index contributed by atoms with van der Waals surface area (Å²) < 4.78 is 0. The molecule has 0 radical (unpaired) electrons. The number of para-hydroxylation sites is 1. The highest BCUT2D eigenvalue weighted by Crippen LogP contribution is 2.42. The van der Waals surface area contributed by atoms with Crippen LogP contribution in [0.15, 0.2) is 72.8 Å². The third kappa shape index (κ3) is 2.33. The topological polar surface area (TPSA) is 3.24 Å². The normalized spacial score (nSPS) is 16.4. The maximum Gasteiger partial charge on any atom is 0.0429 e. The SMILES string of the molecule is Cc1ccccc1C1c2ccccc2CN(C)c2ccccc21. The second-order valence-electron chi connectivity index (χ2n) is 6.40. The number of benzene rings is 3. The molecule has 0 bridgehead atoms. The van der Waals surface area contributed by atoms with Gasteiger partial charge in [0, 0.05) is 25.2 Å². The highest BCUT2D eigenvalue weighted by molar-refractivity contribution is 5.64. The fourth-order valence-corrected chi connectivity index (χ4v) is 3.79. The summed E-state index contributed by atoms with van der Waals surface area (Å²) in [6.07, 6.45) is 0. The number of fused-ring (bicyclic) bond motifs is 2. The number of hydrogen-bond donors (Lipinski definition) is 0. The van der Waals surface area contributed by atoms with E-state index >= 15 is 0 Å². The van der Waals surface area contributed by atoms with Gasteiger partial charge in [0.15, 0.2) is 0 Å². The third-order valence-corrected chi connectivity index (χ3v) is 4.93. The summed E-state index contributed by atoms with van der Waals surface area (Å²) in [5, 5.41) is 0. The predicted molar refractivity (Wildman–Crippen MR) is 97.1 cm³/mol. The Morgan fingerprint density at radius 2 is 1.35 bits per heavy atom. The van der Waals surface area contributed by atoms with Gasteiger partial charge >= 0.3 is 0 Å². The fourth-order valence-electron chi connectivity index (χ4n) is 3.79. The molecule has 0 saturated carbocycles. The molecule has 114 valence electrons. The van der Waals surface area contributed by atoms with Gasteiger partial charge in [0.25, 0.3) is 0 Å². The molecule has 1 unspecified atom stereocenters. The summed E-state index contributed by atoms with van der Waals surface area (Å²) >= 11 is 0. The van der Waals surface area contributed by atoms with E-state index in [1.165, 1.54) is 33.5 Å². The van der Waals surface area contributed by atoms with Gasteiger partial charge in [-0.15, -0.1) is 0 Å². The Kier molecular flexibility index (Phi) is 3.42. The maximum absolute atomic E-state index is 2.37. The van der Waals surface area contributed by atoms with E-state index in [2.05, 4.69) is 91.7 Å². The van der Waals surface area contributed by atoms with Crippen LogP contribution in [-0.4, -0.2) is 7.05 Å². The van der Waals surface area contributed by atoms with Crippen LogP contribution in [0.1, 0.15) is 33.7 Å². The molecule has 0 fully saturated rings. The van der Waals surface area contributed by atoms with Gasteiger partial charge in [-0.3, -0.25) is 0 Å². The van der Waals surface area contributed by atoms with Crippen molar-refractivity contribution in [1.29, 1.82) is 0 Å². The van der Waals surface area contributed by atoms with E-state index in [-0.39, 0.29) is 0 Å². The van der Waals surface area contributed by atoms with E-state index in [0.29, 0.717) is 5.92 Å². The van der Waals surface area contributed by atoms with Gasteiger partial charge in [-0.05, 0) is 40.8 Å². The Morgan fingerprint density at radius 3 is 2.13 bits per heavy atom. The van der Waals surface area contributed by atoms with Crippen LogP contribution in [0.3, 0.4) is 0 Å². The molecule has 1 heteroatoms. The molecular formula is C22H21N. The molecule has 1 heterocycles. The van der Waals surface area contributed by atoms with E-state index in [1.807, 2.05) is 0 Å². The number of nitrogens with zero attached hydrogens (tertiary/aromatic N) is 1. The van der Waals surface area contributed by atoms with Gasteiger partial charge < -0.3 is 4.90 Å². The minimum atomic E-state index is 0.300. The molecule has 0 aliphatic carbocycles. The molecule has 0 N–H and O–H groups in total. The summed E-state index contributed by atoms with van der Waals surface area (Å²) in [4.78, 5) is 2.37. The van der Waals surface area contributed by atoms with Gasteiger partial charge in [0.2, 0.25) is 0 Å². The van der Waals surface area contributed by atoms with Crippen molar-refractivity contribution < 1.29 is 0 Å². The van der Waals surface area contributed by atoms with Crippen LogP contribution < -0.4 is 4.90 Å². The third-order valence-electron chi connectivity index (χ3n) is 4.93. The molecule has 0 spiro atoms. The zero-order valence-electron chi connectivity index (χ0n) is 13.7. The minimum absolute atomic E-state index is 0.300. The van der Waals surface area contributed by atoms with Crippen molar-refractivity contribution in [3.8, 4) is 0 Å². The largest absolute Gasteiger partial charge is 0.370 e. The smallest absolute Gasteiger partial charge is 0.0429 e. The Balaban J connectivity index is 2.04. The zero-order valence-corrected chi connectivity index (χ0v) is 13.7. The van der Waals surface area contributed by atoms with Crippen molar-refractivity contribution in [2.24, 2.45) is 0 Å². The van der Waals surface area contributed by atoms with E-state index in [4.69, 9.17) is 0 Å². The molecule has 0 saturated heterocycles. The average molecular weight is 299 g/mol. The molecule has 1 nitrogen and oxygen atoms in total. The van der Waals surface area contributed by atoms with E-state index in [1.54, 1.807) is 0 Å². The van der Waals surface area contributed by atoms with Crippen LogP contribution in [-0.2, 0) is 6.54 Å². The predicted octanol–water partition coefficient (Wildman–Crippen LogP) is 5.13. The minimum Gasteiger partial charge on any atom is -0.370 e. The van der Waals surface area contributed by atoms with Gasteiger partial charge in [0.1, 0.15) is 0 Å². The molecule has 3 aromatic rings. The van der Waals surface area contributed by atoms with Crippen LogP contribution in [0, 0.1) is 6.92 Å². The number of aryl methyl sites for hydroxylation is 1. The quantitative estimate of drug-likeness (QED) is 0.602. The Labute approximate surface area is 138 Å². The van der Waals surface area contributed by atoms with Gasteiger partial charge in [-0.1, -0.05) is 66.7 Å². The lowest BCUT2D eigenvalue weighted by atomic mass is 9.81. The molecule has 4 rings (SSSR count). The highest BCUT2D eigenvalue weighted by Gasteiger charge is 2.27. The molecule has 1 atom stereocenters. The van der Waals surface area contributed by atoms with Crippen molar-refractivity contribution in [3.05, 3.63) is 101 Å². The molecule has 1 aliphatic heterocycles. The monoisotopic (exact) mass is 299 g/mol. The summed E-state index contributed by atoms with van der Waals surface area (Å²) in [7, 11) is 2.19. The molecule has 0 amide bonds. The standard InChI is InChI=1S/C22H21N/c1-16-9-3-5-11-18(16)22-19-12-6-4-10-17(19)15-23(2)21-14-8-7-13-20(21)22/h3-14,22H,15H2,1-2H3. The highest BCUT2D eigenvalue weighted by atomic mass is 15.1. The van der Waals surface area contributed by atoms with Crippen LogP contribution >= 0.6 is 0 Å². The Hall–Kier alpha value is -2.54. The Bertz CT molecular complexity index is 850. The van der Waals surface area contributed by atoms with Crippen LogP contribution in [0.25, 0.3) is 0 Å². The first-order chi connectivity index (χ1) is 11.3. The zero-order chi connectivity index (χ0) is 15.8. The molecule has 1 aliphatic rings. The van der Waals surface area contributed by atoms with Gasteiger partial charge in [-0.25, -0.2) is 0 Å². The second kappa shape index (κ2) is 5.58. The summed E-state index contributed by atoms with van der Waals surface area (Å²) in [5.41, 5.74) is 8.33. The van der Waals surface area contributed by atoms with Crippen molar-refractivity contribution >= 4 is 5.69 Å². The molecule has 3 aromatic carbocycles. The summed E-state index contributed by atoms with van der Waals surface area (Å²) in [6.45, 7) is 3.17. The first kappa shape index (κ1) is 14.1. The average Bonchev–Trinajstić information content (AvgIpc) is 2.70. The van der Waals surface area contributed by atoms with Crippen molar-refractivity contribution in [2.45, 2.75) is 19.4 Å². The summed E-state index contributed by atoms with van der Waals surface area (Å²) in [5.74, 6) is 0.300. The van der Waals surface area contributed by atoms with E-state index in [9.17, 15) is 0 Å². The molecule has 0 aromatic heterocycles. The fraction of sp³-hybridized carbons (Fsp3) is 0.182. The molecular weight excluding hydrogens is 278 g/mol. The number of anilines is 1. The lowest BCUT2D eigenvalue weighted by Gasteiger charge is -2.23. The van der Waals surface area contributed by atoms with Crippen LogP contribution in [0.4, 0.5) is 5.69 Å². The summed E-state index contributed by atoms with van der Waals surface area (Å²) in [6, 6.07) is 26.5. The van der Waals surface area contributed by atoms with Gasteiger partial charge in [0.05, 0.1) is 0 Å². The van der Waals surface area contributed by atoms with Gasteiger partial charge in [-0.2, -0.15) is 0 Å². The second-order valence-corrected chi connectivity index (χ2v) is 6.40. The van der Waals surface area contributed by atoms with Crippen LogP contribution in [0.5, 0.6) is 0 Å².